The fourth-order valence-corrected chi connectivity index (χ4v) is 3.71. The predicted molar refractivity (Wildman–Crippen MR) is 109 cm³/mol. The molecule has 1 aromatic carbocycles. The van der Waals surface area contributed by atoms with Crippen LogP contribution in [0, 0.1) is 19.7 Å². The van der Waals surface area contributed by atoms with Gasteiger partial charge in [-0.3, -0.25) is 4.79 Å². The van der Waals surface area contributed by atoms with Crippen LogP contribution in [0.4, 0.5) is 4.39 Å². The van der Waals surface area contributed by atoms with Crippen molar-refractivity contribution in [2.24, 2.45) is 0 Å². The van der Waals surface area contributed by atoms with E-state index >= 15 is 0 Å². The van der Waals surface area contributed by atoms with Gasteiger partial charge in [-0.2, -0.15) is 0 Å². The fraction of sp³-hybridized carbons (Fsp3) is 0.286. The number of benzene rings is 1. The van der Waals surface area contributed by atoms with Crippen LogP contribution in [0.1, 0.15) is 39.8 Å². The van der Waals surface area contributed by atoms with Gasteiger partial charge in [0.15, 0.2) is 5.82 Å². The number of hydrogen-bond acceptors (Lipinski definition) is 3. The number of nitrogens with zero attached hydrogens (tertiary/aromatic N) is 2. The number of H-pyrrole nitrogens is 3. The quantitative estimate of drug-likeness (QED) is 0.402. The average Bonchev–Trinajstić information content (AvgIpc) is 3.40. The second-order valence-corrected chi connectivity index (χ2v) is 7.10. The number of amides is 1. The number of nitrogens with one attached hydrogen (secondary N) is 4. The molecule has 1 amide bonds. The zero-order chi connectivity index (χ0) is 20.5. The maximum atomic E-state index is 14.6. The van der Waals surface area contributed by atoms with Crippen molar-refractivity contribution in [3.05, 3.63) is 58.6 Å². The molecular weight excluding hydrogens is 371 g/mol. The molecule has 0 saturated carbocycles. The molecule has 0 radical (unpaired) electrons. The Morgan fingerprint density at radius 2 is 2.07 bits per heavy atom. The summed E-state index contributed by atoms with van der Waals surface area (Å²) in [5.74, 6) is -0.412. The Labute approximate surface area is 167 Å². The Bertz CT molecular complexity index is 1170. The monoisotopic (exact) mass is 394 g/mol. The van der Waals surface area contributed by atoms with Gasteiger partial charge in [-0.25, -0.2) is 14.4 Å². The highest BCUT2D eigenvalue weighted by atomic mass is 19.1. The first-order chi connectivity index (χ1) is 14.0. The van der Waals surface area contributed by atoms with Crippen LogP contribution >= 0.6 is 0 Å². The van der Waals surface area contributed by atoms with Crippen LogP contribution < -0.4 is 5.32 Å². The van der Waals surface area contributed by atoms with Gasteiger partial charge in [-0.15, -0.1) is 0 Å². The van der Waals surface area contributed by atoms with E-state index in [9.17, 15) is 9.18 Å². The van der Waals surface area contributed by atoms with Gasteiger partial charge in [0.05, 0.1) is 28.6 Å². The number of fused-ring (bicyclic) bond motifs is 1. The Morgan fingerprint density at radius 3 is 2.76 bits per heavy atom. The van der Waals surface area contributed by atoms with E-state index in [2.05, 4.69) is 37.2 Å². The molecule has 0 fully saturated rings. The highest BCUT2D eigenvalue weighted by Crippen LogP contribution is 2.28. The Balaban J connectivity index is 1.59. The summed E-state index contributed by atoms with van der Waals surface area (Å²) >= 11 is 0. The molecular formula is C21H23FN6O. The average molecular weight is 394 g/mol. The lowest BCUT2D eigenvalue weighted by molar-refractivity contribution is 0.0950. The van der Waals surface area contributed by atoms with Crippen molar-refractivity contribution in [1.82, 2.24) is 30.2 Å². The molecule has 4 N–H and O–H groups in total. The number of imidazole rings is 2. The summed E-state index contributed by atoms with van der Waals surface area (Å²) < 4.78 is 14.6. The second kappa shape index (κ2) is 7.54. The molecule has 0 aliphatic heterocycles. The van der Waals surface area contributed by atoms with Crippen molar-refractivity contribution in [3.63, 3.8) is 0 Å². The molecule has 150 valence electrons. The summed E-state index contributed by atoms with van der Waals surface area (Å²) in [5, 5.41) is 2.74. The molecule has 29 heavy (non-hydrogen) atoms. The zero-order valence-corrected chi connectivity index (χ0v) is 16.6. The molecule has 0 aliphatic rings. The number of carbonyl (C=O) groups excluding carboxylic acids is 1. The van der Waals surface area contributed by atoms with Crippen molar-refractivity contribution >= 4 is 16.9 Å². The number of aromatic nitrogens is 5. The first-order valence-electron chi connectivity index (χ1n) is 9.61. The summed E-state index contributed by atoms with van der Waals surface area (Å²) in [6.07, 6.45) is 4.79. The standard InChI is InChI=1S/C21H23FN6O/c1-4-14-11(2)19(26-12(14)3)20-27-17-7-15(16(22)8-18(17)28-20)21(29)24-6-5-13-9-23-10-25-13/h7-10,26H,4-6H2,1-3H3,(H,23,25)(H,24,29)(H,27,28). The van der Waals surface area contributed by atoms with Crippen LogP contribution in [0.5, 0.6) is 0 Å². The highest BCUT2D eigenvalue weighted by molar-refractivity contribution is 5.98. The lowest BCUT2D eigenvalue weighted by Gasteiger charge is -2.05. The molecule has 4 aromatic rings. The number of aryl methyl sites for hydroxylation is 1. The third-order valence-corrected chi connectivity index (χ3v) is 5.23. The molecule has 0 bridgehead atoms. The zero-order valence-electron chi connectivity index (χ0n) is 16.6. The molecule has 0 atom stereocenters. The van der Waals surface area contributed by atoms with Crippen LogP contribution in [-0.2, 0) is 12.8 Å². The van der Waals surface area contributed by atoms with E-state index in [1.165, 1.54) is 17.7 Å². The van der Waals surface area contributed by atoms with Crippen LogP contribution in [0.15, 0.2) is 24.7 Å². The van der Waals surface area contributed by atoms with E-state index in [4.69, 9.17) is 0 Å². The molecule has 0 unspecified atom stereocenters. The summed E-state index contributed by atoms with van der Waals surface area (Å²) in [7, 11) is 0. The Kier molecular flexibility index (Phi) is 4.92. The van der Waals surface area contributed by atoms with Gasteiger partial charge in [0, 0.05) is 36.6 Å². The summed E-state index contributed by atoms with van der Waals surface area (Å²) in [6.45, 7) is 6.57. The Hall–Kier alpha value is -3.42. The molecule has 0 aliphatic carbocycles. The number of hydrogen-bond donors (Lipinski definition) is 4. The minimum Gasteiger partial charge on any atom is -0.356 e. The highest BCUT2D eigenvalue weighted by Gasteiger charge is 2.18. The number of rotatable bonds is 6. The lowest BCUT2D eigenvalue weighted by Crippen LogP contribution is -2.26. The van der Waals surface area contributed by atoms with Crippen molar-refractivity contribution in [2.45, 2.75) is 33.6 Å². The SMILES string of the molecule is CCc1c(C)[nH]c(-c2nc3cc(C(=O)NCCc4cnc[nH]4)c(F)cc3[nH]2)c1C. The lowest BCUT2D eigenvalue weighted by atomic mass is 10.1. The largest absolute Gasteiger partial charge is 0.356 e. The molecule has 0 spiro atoms. The van der Waals surface area contributed by atoms with Gasteiger partial charge in [-0.05, 0) is 37.5 Å². The normalized spacial score (nSPS) is 11.3. The van der Waals surface area contributed by atoms with E-state index < -0.39 is 11.7 Å². The first-order valence-corrected chi connectivity index (χ1v) is 9.61. The van der Waals surface area contributed by atoms with Crippen molar-refractivity contribution in [3.8, 4) is 11.5 Å². The summed E-state index contributed by atoms with van der Waals surface area (Å²) in [6, 6.07) is 2.81. The Morgan fingerprint density at radius 1 is 1.24 bits per heavy atom. The van der Waals surface area contributed by atoms with Crippen molar-refractivity contribution in [1.29, 1.82) is 0 Å². The number of aromatic amines is 3. The molecule has 4 rings (SSSR count). The predicted octanol–water partition coefficient (Wildman–Crippen LogP) is 3.57. The van der Waals surface area contributed by atoms with E-state index in [0.717, 1.165) is 29.1 Å². The van der Waals surface area contributed by atoms with Gasteiger partial charge in [0.2, 0.25) is 0 Å². The topological polar surface area (TPSA) is 102 Å². The van der Waals surface area contributed by atoms with Crippen molar-refractivity contribution in [2.75, 3.05) is 6.54 Å². The van der Waals surface area contributed by atoms with E-state index in [0.29, 0.717) is 29.8 Å². The number of halogens is 1. The van der Waals surface area contributed by atoms with Gasteiger partial charge < -0.3 is 20.3 Å². The maximum absolute atomic E-state index is 14.6. The van der Waals surface area contributed by atoms with Gasteiger partial charge in [0.1, 0.15) is 5.82 Å². The molecule has 3 heterocycles. The first kappa shape index (κ1) is 18.9. The van der Waals surface area contributed by atoms with Crippen LogP contribution in [0.3, 0.4) is 0 Å². The van der Waals surface area contributed by atoms with Gasteiger partial charge in [-0.1, -0.05) is 6.92 Å². The third kappa shape index (κ3) is 3.53. The number of carbonyl (C=O) groups is 1. The second-order valence-electron chi connectivity index (χ2n) is 7.10. The van der Waals surface area contributed by atoms with E-state index in [1.54, 1.807) is 12.5 Å². The van der Waals surface area contributed by atoms with Crippen molar-refractivity contribution < 1.29 is 9.18 Å². The van der Waals surface area contributed by atoms with E-state index in [-0.39, 0.29) is 5.56 Å². The summed E-state index contributed by atoms with van der Waals surface area (Å²) in [5.41, 5.74) is 6.35. The van der Waals surface area contributed by atoms with Gasteiger partial charge in [0.25, 0.3) is 5.91 Å². The molecule has 7 nitrogen and oxygen atoms in total. The minimum absolute atomic E-state index is 0.0196. The minimum atomic E-state index is -0.583. The van der Waals surface area contributed by atoms with Crippen LogP contribution in [-0.4, -0.2) is 37.4 Å². The molecule has 3 aromatic heterocycles. The molecule has 8 heteroatoms. The van der Waals surface area contributed by atoms with E-state index in [1.807, 2.05) is 13.8 Å². The van der Waals surface area contributed by atoms with Crippen LogP contribution in [0.25, 0.3) is 22.6 Å². The fourth-order valence-electron chi connectivity index (χ4n) is 3.71. The third-order valence-electron chi connectivity index (χ3n) is 5.23. The molecule has 0 saturated heterocycles. The summed E-state index contributed by atoms with van der Waals surface area (Å²) in [4.78, 5) is 30.4. The van der Waals surface area contributed by atoms with Gasteiger partial charge >= 0.3 is 0 Å². The maximum Gasteiger partial charge on any atom is 0.254 e. The smallest absolute Gasteiger partial charge is 0.254 e. The van der Waals surface area contributed by atoms with Crippen LogP contribution in [0.2, 0.25) is 0 Å².